The molecular weight excluding hydrogens is 394 g/mol. The maximum atomic E-state index is 13.2. The van der Waals surface area contributed by atoms with Gasteiger partial charge in [0.05, 0.1) is 11.6 Å². The molecule has 4 aromatic rings. The molecule has 1 aliphatic rings. The van der Waals surface area contributed by atoms with Gasteiger partial charge >= 0.3 is 5.97 Å². The third-order valence-electron chi connectivity index (χ3n) is 6.44. The van der Waals surface area contributed by atoms with Crippen molar-refractivity contribution < 1.29 is 9.53 Å². The minimum atomic E-state index is -0.447. The third kappa shape index (κ3) is 3.60. The molecule has 2 heterocycles. The summed E-state index contributed by atoms with van der Waals surface area (Å²) in [6.07, 6.45) is -0.447. The lowest BCUT2D eigenvalue weighted by Gasteiger charge is -2.23. The van der Waals surface area contributed by atoms with Gasteiger partial charge in [-0.1, -0.05) is 91.0 Å². The Balaban J connectivity index is 1.65. The fourth-order valence-corrected chi connectivity index (χ4v) is 4.71. The van der Waals surface area contributed by atoms with E-state index in [0.717, 1.165) is 39.2 Å². The van der Waals surface area contributed by atoms with Crippen molar-refractivity contribution in [3.8, 4) is 11.1 Å². The smallest absolute Gasteiger partial charge is 0.314 e. The van der Waals surface area contributed by atoms with Crippen LogP contribution in [-0.4, -0.2) is 11.0 Å². The molecule has 158 valence electrons. The Morgan fingerprint density at radius 1 is 0.750 bits per heavy atom. The lowest BCUT2D eigenvalue weighted by molar-refractivity contribution is -0.142. The van der Waals surface area contributed by atoms with Crippen LogP contribution in [0.2, 0.25) is 0 Å². The Morgan fingerprint density at radius 3 is 1.94 bits per heavy atom. The van der Waals surface area contributed by atoms with Gasteiger partial charge in [0.1, 0.15) is 0 Å². The summed E-state index contributed by atoms with van der Waals surface area (Å²) in [7, 11) is 0. The van der Waals surface area contributed by atoms with E-state index in [0.29, 0.717) is 0 Å². The molecule has 1 aliphatic heterocycles. The van der Waals surface area contributed by atoms with Gasteiger partial charge in [-0.15, -0.1) is 0 Å². The number of nitrogens with zero attached hydrogens (tertiary/aromatic N) is 1. The Hall–Kier alpha value is -3.72. The van der Waals surface area contributed by atoms with Crippen LogP contribution < -0.4 is 0 Å². The minimum absolute atomic E-state index is 0.149. The van der Waals surface area contributed by atoms with Crippen LogP contribution in [0, 0.1) is 13.8 Å². The van der Waals surface area contributed by atoms with E-state index in [1.54, 1.807) is 0 Å². The van der Waals surface area contributed by atoms with Crippen LogP contribution in [0.5, 0.6) is 0 Å². The summed E-state index contributed by atoms with van der Waals surface area (Å²) in [6.45, 7) is 4.12. The van der Waals surface area contributed by atoms with Crippen LogP contribution in [0.25, 0.3) is 11.1 Å². The number of ether oxygens (including phenoxy) is 1. The van der Waals surface area contributed by atoms with Crippen LogP contribution in [0.3, 0.4) is 0 Å². The quantitative estimate of drug-likeness (QED) is 0.353. The molecule has 0 bridgehead atoms. The van der Waals surface area contributed by atoms with E-state index in [4.69, 9.17) is 9.72 Å². The second-order valence-electron chi connectivity index (χ2n) is 8.35. The second-order valence-corrected chi connectivity index (χ2v) is 8.35. The zero-order valence-electron chi connectivity index (χ0n) is 18.2. The van der Waals surface area contributed by atoms with Crippen molar-refractivity contribution in [2.45, 2.75) is 31.8 Å². The molecular formula is C29H25NO2. The molecule has 0 saturated carbocycles. The summed E-state index contributed by atoms with van der Waals surface area (Å²) in [4.78, 5) is 18.1. The van der Waals surface area contributed by atoms with E-state index in [2.05, 4.69) is 37.3 Å². The van der Waals surface area contributed by atoms with E-state index in [-0.39, 0.29) is 17.8 Å². The maximum absolute atomic E-state index is 13.2. The largest absolute Gasteiger partial charge is 0.455 e. The average Bonchev–Trinajstić information content (AvgIpc) is 3.19. The number of aromatic nitrogens is 1. The van der Waals surface area contributed by atoms with Crippen LogP contribution in [0.1, 0.15) is 46.0 Å². The molecule has 3 heteroatoms. The lowest BCUT2D eigenvalue weighted by atomic mass is 9.79. The van der Waals surface area contributed by atoms with Gasteiger partial charge in [-0.3, -0.25) is 9.78 Å². The van der Waals surface area contributed by atoms with Crippen molar-refractivity contribution in [2.75, 3.05) is 0 Å². The summed E-state index contributed by atoms with van der Waals surface area (Å²) >= 11 is 0. The molecule has 3 aromatic carbocycles. The Morgan fingerprint density at radius 2 is 1.31 bits per heavy atom. The number of rotatable bonds is 4. The molecule has 32 heavy (non-hydrogen) atoms. The predicted molar refractivity (Wildman–Crippen MR) is 126 cm³/mol. The summed E-state index contributed by atoms with van der Waals surface area (Å²) < 4.78 is 6.07. The molecule has 3 nitrogen and oxygen atoms in total. The number of cyclic esters (lactones) is 1. The highest BCUT2D eigenvalue weighted by Crippen LogP contribution is 2.50. The number of aryl methyl sites for hydroxylation is 1. The molecule has 0 N–H and O–H groups in total. The fourth-order valence-electron chi connectivity index (χ4n) is 4.71. The van der Waals surface area contributed by atoms with E-state index in [1.807, 2.05) is 73.7 Å². The van der Waals surface area contributed by atoms with Gasteiger partial charge in [0.2, 0.25) is 0 Å². The predicted octanol–water partition coefficient (Wildman–Crippen LogP) is 6.53. The van der Waals surface area contributed by atoms with E-state index in [9.17, 15) is 4.79 Å². The van der Waals surface area contributed by atoms with E-state index >= 15 is 0 Å². The van der Waals surface area contributed by atoms with Crippen molar-refractivity contribution in [3.05, 3.63) is 125 Å². The number of carbonyl (C=O) groups is 1. The number of benzene rings is 3. The first-order valence-corrected chi connectivity index (χ1v) is 11.0. The number of hydrogen-bond donors (Lipinski definition) is 0. The van der Waals surface area contributed by atoms with Crippen molar-refractivity contribution in [3.63, 3.8) is 0 Å². The molecule has 0 aliphatic carbocycles. The summed E-state index contributed by atoms with van der Waals surface area (Å²) in [5, 5.41) is 0. The molecule has 3 atom stereocenters. The zero-order valence-corrected chi connectivity index (χ0v) is 18.2. The first kappa shape index (κ1) is 20.2. The van der Waals surface area contributed by atoms with Crippen molar-refractivity contribution in [1.82, 2.24) is 4.98 Å². The first-order chi connectivity index (χ1) is 15.6. The molecule has 1 aromatic heterocycles. The Labute approximate surface area is 188 Å². The van der Waals surface area contributed by atoms with Crippen LogP contribution >= 0.6 is 0 Å². The highest BCUT2D eigenvalue weighted by molar-refractivity contribution is 5.83. The summed E-state index contributed by atoms with van der Waals surface area (Å²) in [5.41, 5.74) is 7.20. The molecule has 0 unspecified atom stereocenters. The van der Waals surface area contributed by atoms with Gasteiger partial charge in [0.15, 0.2) is 6.10 Å². The minimum Gasteiger partial charge on any atom is -0.455 e. The normalized spacial score (nSPS) is 20.2. The molecule has 5 rings (SSSR count). The van der Waals surface area contributed by atoms with Crippen LogP contribution in [-0.2, 0) is 9.53 Å². The zero-order chi connectivity index (χ0) is 22.1. The molecule has 1 fully saturated rings. The van der Waals surface area contributed by atoms with E-state index in [1.165, 1.54) is 0 Å². The van der Waals surface area contributed by atoms with Gasteiger partial charge in [0, 0.05) is 11.6 Å². The van der Waals surface area contributed by atoms with Gasteiger partial charge in [-0.25, -0.2) is 0 Å². The highest BCUT2D eigenvalue weighted by Gasteiger charge is 2.47. The number of pyridine rings is 1. The SMILES string of the molecule is Cc1nc([C@@H]2OC(=O)[C@H](c3ccccc3)[C@H]2c2ccccc2)cc(-c2ccccc2)c1C. The number of esters is 1. The van der Waals surface area contributed by atoms with Crippen molar-refractivity contribution >= 4 is 5.97 Å². The maximum Gasteiger partial charge on any atom is 0.314 e. The van der Waals surface area contributed by atoms with Gasteiger partial charge in [-0.05, 0) is 47.7 Å². The van der Waals surface area contributed by atoms with Crippen LogP contribution in [0.4, 0.5) is 0 Å². The summed E-state index contributed by atoms with van der Waals surface area (Å²) in [5.74, 6) is -0.715. The summed E-state index contributed by atoms with van der Waals surface area (Å²) in [6, 6.07) is 32.5. The molecule has 0 spiro atoms. The third-order valence-corrected chi connectivity index (χ3v) is 6.44. The van der Waals surface area contributed by atoms with Crippen molar-refractivity contribution in [2.24, 2.45) is 0 Å². The fraction of sp³-hybridized carbons (Fsp3) is 0.172. The number of hydrogen-bond acceptors (Lipinski definition) is 3. The lowest BCUT2D eigenvalue weighted by Crippen LogP contribution is -2.15. The monoisotopic (exact) mass is 419 g/mol. The first-order valence-electron chi connectivity index (χ1n) is 11.0. The van der Waals surface area contributed by atoms with Gasteiger partial charge in [0.25, 0.3) is 0 Å². The van der Waals surface area contributed by atoms with Crippen LogP contribution in [0.15, 0.2) is 97.1 Å². The molecule has 0 radical (unpaired) electrons. The molecule has 0 amide bonds. The Bertz CT molecular complexity index is 1240. The van der Waals surface area contributed by atoms with Gasteiger partial charge < -0.3 is 4.74 Å². The van der Waals surface area contributed by atoms with E-state index < -0.39 is 6.10 Å². The molecule has 1 saturated heterocycles. The van der Waals surface area contributed by atoms with Gasteiger partial charge in [-0.2, -0.15) is 0 Å². The van der Waals surface area contributed by atoms with Crippen molar-refractivity contribution in [1.29, 1.82) is 0 Å². The number of carbonyl (C=O) groups excluding carboxylic acids is 1. The average molecular weight is 420 g/mol. The standard InChI is InChI=1S/C29H25NO2/c1-19-20(2)30-25(18-24(19)21-12-6-3-7-13-21)28-26(22-14-8-4-9-15-22)27(29(31)32-28)23-16-10-5-11-17-23/h3-18,26-28H,1-2H3/t26-,27-,28+/m1/s1. The Kier molecular flexibility index (Phi) is 5.32. The topological polar surface area (TPSA) is 39.2 Å². The second kappa shape index (κ2) is 8.43. The highest BCUT2D eigenvalue weighted by atomic mass is 16.6.